The van der Waals surface area contributed by atoms with Crippen LogP contribution in [0.25, 0.3) is 0 Å². The molecule has 0 aliphatic rings. The van der Waals surface area contributed by atoms with E-state index in [9.17, 15) is 4.79 Å². The number of hydrogen-bond donors (Lipinski definition) is 2. The third-order valence-corrected chi connectivity index (χ3v) is 2.89. The largest absolute Gasteiger partial charge is 0.478 e. The van der Waals surface area contributed by atoms with Gasteiger partial charge in [0.2, 0.25) is 0 Å². The van der Waals surface area contributed by atoms with Crippen LogP contribution in [0.15, 0.2) is 18.2 Å². The van der Waals surface area contributed by atoms with Gasteiger partial charge in [-0.05, 0) is 25.7 Å². The first-order chi connectivity index (χ1) is 8.06. The summed E-state index contributed by atoms with van der Waals surface area (Å²) in [6.07, 6.45) is 0. The van der Waals surface area contributed by atoms with E-state index in [2.05, 4.69) is 17.1 Å². The molecule has 4 nitrogen and oxygen atoms in total. The minimum atomic E-state index is -1.01. The quantitative estimate of drug-likeness (QED) is 0.821. The molecule has 0 saturated carbocycles. The summed E-state index contributed by atoms with van der Waals surface area (Å²) >= 11 is 5.86. The molecule has 0 aliphatic carbocycles. The summed E-state index contributed by atoms with van der Waals surface area (Å²) in [6.45, 7) is 4.57. The smallest absolute Gasteiger partial charge is 0.339 e. The van der Waals surface area contributed by atoms with Gasteiger partial charge in [-0.2, -0.15) is 0 Å². The summed E-state index contributed by atoms with van der Waals surface area (Å²) in [5.41, 5.74) is 0.697. The second-order valence-electron chi connectivity index (χ2n) is 3.79. The maximum Gasteiger partial charge on any atom is 0.339 e. The van der Waals surface area contributed by atoms with Gasteiger partial charge in [0.05, 0.1) is 10.7 Å². The maximum atomic E-state index is 11.1. The van der Waals surface area contributed by atoms with Crippen LogP contribution < -0.4 is 5.32 Å². The van der Waals surface area contributed by atoms with Gasteiger partial charge in [0.15, 0.2) is 0 Å². The van der Waals surface area contributed by atoms with Gasteiger partial charge in [-0.1, -0.05) is 24.6 Å². The van der Waals surface area contributed by atoms with Gasteiger partial charge >= 0.3 is 5.97 Å². The second-order valence-corrected chi connectivity index (χ2v) is 4.20. The Morgan fingerprint density at radius 2 is 2.24 bits per heavy atom. The molecule has 0 heterocycles. The first-order valence-electron chi connectivity index (χ1n) is 5.50. The number of anilines is 1. The zero-order valence-corrected chi connectivity index (χ0v) is 10.8. The molecule has 0 aromatic heterocycles. The SMILES string of the molecule is CCN(C)CCNc1cccc(Cl)c1C(=O)O. The summed E-state index contributed by atoms with van der Waals surface area (Å²) in [5, 5.41) is 12.4. The number of benzene rings is 1. The van der Waals surface area contributed by atoms with Crippen molar-refractivity contribution in [2.45, 2.75) is 6.92 Å². The number of carboxylic acid groups (broad SMARTS) is 1. The number of nitrogens with one attached hydrogen (secondary N) is 1. The Balaban J connectivity index is 2.71. The lowest BCUT2D eigenvalue weighted by atomic mass is 10.2. The minimum Gasteiger partial charge on any atom is -0.478 e. The number of halogens is 1. The lowest BCUT2D eigenvalue weighted by Gasteiger charge is -2.16. The molecule has 1 aromatic rings. The Morgan fingerprint density at radius 3 is 2.82 bits per heavy atom. The van der Waals surface area contributed by atoms with Crippen molar-refractivity contribution in [3.8, 4) is 0 Å². The lowest BCUT2D eigenvalue weighted by Crippen LogP contribution is -2.25. The zero-order valence-electron chi connectivity index (χ0n) is 10.0. The maximum absolute atomic E-state index is 11.1. The van der Waals surface area contributed by atoms with E-state index < -0.39 is 5.97 Å². The zero-order chi connectivity index (χ0) is 12.8. The van der Waals surface area contributed by atoms with Gasteiger partial charge < -0.3 is 15.3 Å². The fourth-order valence-corrected chi connectivity index (χ4v) is 1.68. The average Bonchev–Trinajstić information content (AvgIpc) is 2.28. The lowest BCUT2D eigenvalue weighted by molar-refractivity contribution is 0.0698. The Kier molecular flexibility index (Phi) is 5.25. The molecule has 1 rings (SSSR count). The van der Waals surface area contributed by atoms with Crippen LogP contribution in [0.2, 0.25) is 5.02 Å². The van der Waals surface area contributed by atoms with Gasteiger partial charge in [0.1, 0.15) is 5.56 Å². The van der Waals surface area contributed by atoms with Crippen molar-refractivity contribution in [1.29, 1.82) is 0 Å². The van der Waals surface area contributed by atoms with Crippen molar-refractivity contribution in [2.24, 2.45) is 0 Å². The topological polar surface area (TPSA) is 52.6 Å². The Bertz CT molecular complexity index is 396. The monoisotopic (exact) mass is 256 g/mol. The number of nitrogens with zero attached hydrogens (tertiary/aromatic N) is 1. The molecule has 0 spiro atoms. The number of rotatable bonds is 6. The van der Waals surface area contributed by atoms with Gasteiger partial charge in [-0.25, -0.2) is 4.79 Å². The van der Waals surface area contributed by atoms with Crippen LogP contribution in [0.3, 0.4) is 0 Å². The van der Waals surface area contributed by atoms with Gasteiger partial charge in [0.25, 0.3) is 0 Å². The van der Waals surface area contributed by atoms with E-state index in [0.717, 1.165) is 13.1 Å². The highest BCUT2D eigenvalue weighted by Gasteiger charge is 2.13. The fourth-order valence-electron chi connectivity index (χ4n) is 1.43. The van der Waals surface area contributed by atoms with Crippen LogP contribution in [0.4, 0.5) is 5.69 Å². The molecule has 17 heavy (non-hydrogen) atoms. The summed E-state index contributed by atoms with van der Waals surface area (Å²) in [6, 6.07) is 5.04. The van der Waals surface area contributed by atoms with Crippen LogP contribution in [-0.2, 0) is 0 Å². The van der Waals surface area contributed by atoms with Crippen LogP contribution >= 0.6 is 11.6 Å². The molecule has 1 aromatic carbocycles. The minimum absolute atomic E-state index is 0.133. The van der Waals surface area contributed by atoms with E-state index in [4.69, 9.17) is 16.7 Å². The molecule has 0 unspecified atom stereocenters. The fraction of sp³-hybridized carbons (Fsp3) is 0.417. The molecular weight excluding hydrogens is 240 g/mol. The van der Waals surface area contributed by atoms with Crippen LogP contribution in [0, 0.1) is 0 Å². The van der Waals surface area contributed by atoms with Crippen molar-refractivity contribution in [3.05, 3.63) is 28.8 Å². The number of carbonyl (C=O) groups is 1. The van der Waals surface area contributed by atoms with Gasteiger partial charge in [-0.3, -0.25) is 0 Å². The molecule has 94 valence electrons. The van der Waals surface area contributed by atoms with E-state index in [1.165, 1.54) is 0 Å². The van der Waals surface area contributed by atoms with Crippen LogP contribution in [0.1, 0.15) is 17.3 Å². The first kappa shape index (κ1) is 13.8. The molecule has 0 aliphatic heterocycles. The molecular formula is C12H17ClN2O2. The van der Waals surface area contributed by atoms with Gasteiger partial charge in [-0.15, -0.1) is 0 Å². The standard InChI is InChI=1S/C12H17ClN2O2/c1-3-15(2)8-7-14-10-6-4-5-9(13)11(10)12(16)17/h4-6,14H,3,7-8H2,1-2H3,(H,16,17). The molecule has 0 amide bonds. The van der Waals surface area contributed by atoms with Crippen molar-refractivity contribution >= 4 is 23.3 Å². The molecule has 2 N–H and O–H groups in total. The summed E-state index contributed by atoms with van der Waals surface area (Å²) in [7, 11) is 2.01. The molecule has 0 radical (unpaired) electrons. The van der Waals surface area contributed by atoms with E-state index in [-0.39, 0.29) is 10.6 Å². The normalized spacial score (nSPS) is 10.6. The van der Waals surface area contributed by atoms with Crippen molar-refractivity contribution in [3.63, 3.8) is 0 Å². The van der Waals surface area contributed by atoms with Gasteiger partial charge in [0, 0.05) is 13.1 Å². The first-order valence-corrected chi connectivity index (χ1v) is 5.88. The van der Waals surface area contributed by atoms with Crippen molar-refractivity contribution < 1.29 is 9.90 Å². The third-order valence-electron chi connectivity index (χ3n) is 2.58. The van der Waals surface area contributed by atoms with E-state index in [1.54, 1.807) is 18.2 Å². The predicted octanol–water partition coefficient (Wildman–Crippen LogP) is 2.40. The molecule has 0 fully saturated rings. The molecule has 0 bridgehead atoms. The van der Waals surface area contributed by atoms with E-state index in [0.29, 0.717) is 12.2 Å². The Morgan fingerprint density at radius 1 is 1.53 bits per heavy atom. The number of likely N-dealkylation sites (N-methyl/N-ethyl adjacent to an activating group) is 1. The third kappa shape index (κ3) is 3.91. The average molecular weight is 257 g/mol. The predicted molar refractivity (Wildman–Crippen MR) is 70.1 cm³/mol. The van der Waals surface area contributed by atoms with Crippen molar-refractivity contribution in [2.75, 3.05) is 32.0 Å². The summed E-state index contributed by atoms with van der Waals surface area (Å²) in [4.78, 5) is 13.2. The molecule has 0 atom stereocenters. The molecule has 0 saturated heterocycles. The summed E-state index contributed by atoms with van der Waals surface area (Å²) < 4.78 is 0. The van der Waals surface area contributed by atoms with Crippen molar-refractivity contribution in [1.82, 2.24) is 4.90 Å². The van der Waals surface area contributed by atoms with E-state index in [1.807, 2.05) is 7.05 Å². The molecule has 5 heteroatoms. The Hall–Kier alpha value is -1.26. The summed E-state index contributed by atoms with van der Waals surface area (Å²) in [5.74, 6) is -1.01. The highest BCUT2D eigenvalue weighted by Crippen LogP contribution is 2.24. The number of carboxylic acids is 1. The number of aromatic carboxylic acids is 1. The highest BCUT2D eigenvalue weighted by atomic mass is 35.5. The number of hydrogen-bond acceptors (Lipinski definition) is 3. The Labute approximate surface area is 106 Å². The highest BCUT2D eigenvalue weighted by molar-refractivity contribution is 6.34. The van der Waals surface area contributed by atoms with Crippen LogP contribution in [-0.4, -0.2) is 42.7 Å². The van der Waals surface area contributed by atoms with Crippen LogP contribution in [0.5, 0.6) is 0 Å². The second kappa shape index (κ2) is 6.47. The van der Waals surface area contributed by atoms with E-state index >= 15 is 0 Å².